The molecule has 0 radical (unpaired) electrons. The fourth-order valence-corrected chi connectivity index (χ4v) is 2.95. The summed E-state index contributed by atoms with van der Waals surface area (Å²) in [4.78, 5) is 12.4. The maximum absolute atomic E-state index is 12.4. The van der Waals surface area contributed by atoms with Gasteiger partial charge in [-0.25, -0.2) is 0 Å². The van der Waals surface area contributed by atoms with E-state index in [2.05, 4.69) is 32.2 Å². The van der Waals surface area contributed by atoms with Gasteiger partial charge < -0.3 is 11.1 Å². The Morgan fingerprint density at radius 3 is 2.60 bits per heavy atom. The van der Waals surface area contributed by atoms with Crippen LogP contribution in [0.2, 0.25) is 0 Å². The van der Waals surface area contributed by atoms with Crippen molar-refractivity contribution in [1.29, 1.82) is 0 Å². The van der Waals surface area contributed by atoms with Gasteiger partial charge in [0.1, 0.15) is 0 Å². The SMILES string of the molecule is CC(C)(C)c1ccccc1NC(=O)C1CCCC(N)C1. The van der Waals surface area contributed by atoms with Crippen molar-refractivity contribution in [3.63, 3.8) is 0 Å². The number of anilines is 1. The topological polar surface area (TPSA) is 55.1 Å². The number of carbonyl (C=O) groups is 1. The normalized spacial score (nSPS) is 23.4. The molecule has 1 fully saturated rings. The van der Waals surface area contributed by atoms with E-state index >= 15 is 0 Å². The van der Waals surface area contributed by atoms with E-state index in [1.807, 2.05) is 18.2 Å². The van der Waals surface area contributed by atoms with E-state index in [1.54, 1.807) is 0 Å². The smallest absolute Gasteiger partial charge is 0.227 e. The molecule has 1 aliphatic carbocycles. The highest BCUT2D eigenvalue weighted by Crippen LogP contribution is 2.31. The highest BCUT2D eigenvalue weighted by atomic mass is 16.1. The second-order valence-corrected chi connectivity index (χ2v) is 6.91. The monoisotopic (exact) mass is 274 g/mol. The molecule has 2 unspecified atom stereocenters. The molecule has 0 aliphatic heterocycles. The molecule has 1 aromatic carbocycles. The van der Waals surface area contributed by atoms with E-state index < -0.39 is 0 Å². The molecular weight excluding hydrogens is 248 g/mol. The highest BCUT2D eigenvalue weighted by molar-refractivity contribution is 5.93. The van der Waals surface area contributed by atoms with Gasteiger partial charge in [-0.15, -0.1) is 0 Å². The van der Waals surface area contributed by atoms with E-state index in [0.29, 0.717) is 0 Å². The second kappa shape index (κ2) is 5.96. The third-order valence-electron chi connectivity index (χ3n) is 4.08. The van der Waals surface area contributed by atoms with E-state index in [4.69, 9.17) is 5.73 Å². The quantitative estimate of drug-likeness (QED) is 0.868. The van der Waals surface area contributed by atoms with Gasteiger partial charge in [-0.1, -0.05) is 45.4 Å². The van der Waals surface area contributed by atoms with E-state index in [0.717, 1.165) is 31.4 Å². The molecule has 0 aromatic heterocycles. The van der Waals surface area contributed by atoms with E-state index in [1.165, 1.54) is 5.56 Å². The van der Waals surface area contributed by atoms with Gasteiger partial charge in [-0.3, -0.25) is 4.79 Å². The molecule has 0 spiro atoms. The molecule has 1 saturated carbocycles. The van der Waals surface area contributed by atoms with E-state index in [9.17, 15) is 4.79 Å². The van der Waals surface area contributed by atoms with Crippen molar-refractivity contribution in [2.45, 2.75) is 57.9 Å². The molecule has 110 valence electrons. The molecule has 3 N–H and O–H groups in total. The summed E-state index contributed by atoms with van der Waals surface area (Å²) in [5.74, 6) is 0.184. The Hall–Kier alpha value is -1.35. The van der Waals surface area contributed by atoms with Crippen molar-refractivity contribution < 1.29 is 4.79 Å². The lowest BCUT2D eigenvalue weighted by Crippen LogP contribution is -2.34. The van der Waals surface area contributed by atoms with Gasteiger partial charge in [-0.2, -0.15) is 0 Å². The van der Waals surface area contributed by atoms with Crippen LogP contribution in [0.5, 0.6) is 0 Å². The molecule has 20 heavy (non-hydrogen) atoms. The first-order valence-corrected chi connectivity index (χ1v) is 7.54. The zero-order chi connectivity index (χ0) is 14.8. The van der Waals surface area contributed by atoms with Gasteiger partial charge in [-0.05, 0) is 36.3 Å². The number of hydrogen-bond donors (Lipinski definition) is 2. The fourth-order valence-electron chi connectivity index (χ4n) is 2.95. The number of carbonyl (C=O) groups excluding carboxylic acids is 1. The van der Waals surface area contributed by atoms with Crippen LogP contribution < -0.4 is 11.1 Å². The molecule has 3 heteroatoms. The van der Waals surface area contributed by atoms with Gasteiger partial charge in [0.05, 0.1) is 0 Å². The maximum atomic E-state index is 12.4. The lowest BCUT2D eigenvalue weighted by molar-refractivity contribution is -0.120. The van der Waals surface area contributed by atoms with Crippen LogP contribution in [0.3, 0.4) is 0 Å². The predicted molar refractivity (Wildman–Crippen MR) is 83.7 cm³/mol. The summed E-state index contributed by atoms with van der Waals surface area (Å²) in [6, 6.07) is 8.24. The summed E-state index contributed by atoms with van der Waals surface area (Å²) < 4.78 is 0. The first-order chi connectivity index (χ1) is 9.38. The summed E-state index contributed by atoms with van der Waals surface area (Å²) in [6.45, 7) is 6.48. The molecule has 2 atom stereocenters. The largest absolute Gasteiger partial charge is 0.328 e. The van der Waals surface area contributed by atoms with Gasteiger partial charge in [0.25, 0.3) is 0 Å². The Labute approximate surface area is 121 Å². The van der Waals surface area contributed by atoms with E-state index in [-0.39, 0.29) is 23.3 Å². The van der Waals surface area contributed by atoms with Crippen LogP contribution in [0.1, 0.15) is 52.0 Å². The average molecular weight is 274 g/mol. The fraction of sp³-hybridized carbons (Fsp3) is 0.588. The van der Waals surface area contributed by atoms with Crippen LogP contribution in [-0.2, 0) is 10.2 Å². The van der Waals surface area contributed by atoms with Crippen molar-refractivity contribution in [1.82, 2.24) is 0 Å². The van der Waals surface area contributed by atoms with Crippen LogP contribution in [-0.4, -0.2) is 11.9 Å². The van der Waals surface area contributed by atoms with Crippen molar-refractivity contribution in [2.24, 2.45) is 11.7 Å². The lowest BCUT2D eigenvalue weighted by atomic mass is 9.84. The first-order valence-electron chi connectivity index (χ1n) is 7.54. The number of benzene rings is 1. The van der Waals surface area contributed by atoms with Crippen molar-refractivity contribution in [2.75, 3.05) is 5.32 Å². The number of para-hydroxylation sites is 1. The van der Waals surface area contributed by atoms with Crippen molar-refractivity contribution >= 4 is 11.6 Å². The van der Waals surface area contributed by atoms with Gasteiger partial charge >= 0.3 is 0 Å². The maximum Gasteiger partial charge on any atom is 0.227 e. The summed E-state index contributed by atoms with van der Waals surface area (Å²) >= 11 is 0. The van der Waals surface area contributed by atoms with Crippen LogP contribution in [0.15, 0.2) is 24.3 Å². The minimum Gasteiger partial charge on any atom is -0.328 e. The first kappa shape index (κ1) is 15.0. The molecular formula is C17H26N2O. The van der Waals surface area contributed by atoms with Crippen molar-refractivity contribution in [3.8, 4) is 0 Å². The number of hydrogen-bond acceptors (Lipinski definition) is 2. The Morgan fingerprint density at radius 1 is 1.25 bits per heavy atom. The summed E-state index contributed by atoms with van der Waals surface area (Å²) in [7, 11) is 0. The summed E-state index contributed by atoms with van der Waals surface area (Å²) in [5.41, 5.74) is 8.11. The third-order valence-corrected chi connectivity index (χ3v) is 4.08. The number of amides is 1. The Bertz CT molecular complexity index is 476. The number of rotatable bonds is 2. The zero-order valence-electron chi connectivity index (χ0n) is 12.8. The Kier molecular flexibility index (Phi) is 4.48. The second-order valence-electron chi connectivity index (χ2n) is 6.91. The molecule has 0 saturated heterocycles. The van der Waals surface area contributed by atoms with Gasteiger partial charge in [0.15, 0.2) is 0 Å². The van der Waals surface area contributed by atoms with Crippen molar-refractivity contribution in [3.05, 3.63) is 29.8 Å². The molecule has 1 aromatic rings. The Morgan fingerprint density at radius 2 is 1.95 bits per heavy atom. The lowest BCUT2D eigenvalue weighted by Gasteiger charge is -2.27. The third kappa shape index (κ3) is 3.60. The predicted octanol–water partition coefficient (Wildman–Crippen LogP) is 3.44. The average Bonchev–Trinajstić information content (AvgIpc) is 2.38. The molecule has 1 aliphatic rings. The zero-order valence-corrected chi connectivity index (χ0v) is 12.8. The van der Waals surface area contributed by atoms with Crippen LogP contribution in [0.25, 0.3) is 0 Å². The molecule has 0 heterocycles. The molecule has 0 bridgehead atoms. The molecule has 3 nitrogen and oxygen atoms in total. The standard InChI is InChI=1S/C17H26N2O/c1-17(2,3)14-9-4-5-10-15(14)19-16(20)12-7-6-8-13(18)11-12/h4-5,9-10,12-13H,6-8,11,18H2,1-3H3,(H,19,20). The van der Waals surface area contributed by atoms with Gasteiger partial charge in [0, 0.05) is 17.6 Å². The minimum absolute atomic E-state index is 0.0207. The Balaban J connectivity index is 2.12. The number of nitrogens with two attached hydrogens (primary N) is 1. The molecule has 2 rings (SSSR count). The van der Waals surface area contributed by atoms with Crippen LogP contribution in [0.4, 0.5) is 5.69 Å². The highest BCUT2D eigenvalue weighted by Gasteiger charge is 2.26. The summed E-state index contributed by atoms with van der Waals surface area (Å²) in [5, 5.41) is 3.11. The van der Waals surface area contributed by atoms with Crippen LogP contribution >= 0.6 is 0 Å². The summed E-state index contributed by atoms with van der Waals surface area (Å²) in [6.07, 6.45) is 3.86. The minimum atomic E-state index is 0.0207. The number of nitrogens with one attached hydrogen (secondary N) is 1. The molecule has 1 amide bonds. The van der Waals surface area contributed by atoms with Crippen LogP contribution in [0, 0.1) is 5.92 Å². The van der Waals surface area contributed by atoms with Gasteiger partial charge in [0.2, 0.25) is 5.91 Å².